The van der Waals surface area contributed by atoms with Gasteiger partial charge in [0, 0.05) is 23.5 Å². The minimum atomic E-state index is -0.664. The number of nitrogen functional groups attached to an aromatic ring is 1. The zero-order valence-electron chi connectivity index (χ0n) is 8.93. The molecule has 0 aliphatic rings. The van der Waals surface area contributed by atoms with Crippen LogP contribution in [0.3, 0.4) is 0 Å². The fourth-order valence-electron chi connectivity index (χ4n) is 1.76. The van der Waals surface area contributed by atoms with Crippen LogP contribution in [-0.2, 0) is 6.42 Å². The van der Waals surface area contributed by atoms with Gasteiger partial charge in [0.05, 0.1) is 10.9 Å². The van der Waals surface area contributed by atoms with Crippen LogP contribution < -0.4 is 5.73 Å². The number of hydrogen-bond donors (Lipinski definition) is 1. The molecule has 4 heteroatoms. The highest BCUT2D eigenvalue weighted by molar-refractivity contribution is 5.90. The number of aromatic nitrogens is 1. The normalized spacial score (nSPS) is 10.9. The van der Waals surface area contributed by atoms with Gasteiger partial charge in [-0.1, -0.05) is 13.3 Å². The third-order valence-corrected chi connectivity index (χ3v) is 2.42. The Kier molecular flexibility index (Phi) is 2.73. The van der Waals surface area contributed by atoms with Crippen LogP contribution in [0.1, 0.15) is 19.0 Å². The summed E-state index contributed by atoms with van der Waals surface area (Å²) in [5.41, 5.74) is 7.09. The zero-order chi connectivity index (χ0) is 11.7. The van der Waals surface area contributed by atoms with Crippen molar-refractivity contribution in [2.45, 2.75) is 19.8 Å². The molecular formula is C12H12F2N2. The van der Waals surface area contributed by atoms with Crippen molar-refractivity contribution < 1.29 is 8.78 Å². The standard InChI is InChI=1S/C12H12F2N2/c1-2-3-8-6-10(15)12-9(14)4-7(13)5-11(12)16-8/h4-6H,2-3H2,1H3,(H2,15,16). The van der Waals surface area contributed by atoms with Gasteiger partial charge < -0.3 is 5.73 Å². The van der Waals surface area contributed by atoms with Crippen molar-refractivity contribution in [1.82, 2.24) is 4.98 Å². The Balaban J connectivity index is 2.71. The Labute approximate surface area is 92.1 Å². The van der Waals surface area contributed by atoms with Gasteiger partial charge in [0.2, 0.25) is 0 Å². The molecule has 0 saturated carbocycles. The molecule has 0 aliphatic carbocycles. The minimum Gasteiger partial charge on any atom is -0.398 e. The highest BCUT2D eigenvalue weighted by Crippen LogP contribution is 2.25. The molecule has 0 fully saturated rings. The van der Waals surface area contributed by atoms with E-state index in [4.69, 9.17) is 5.73 Å². The van der Waals surface area contributed by atoms with Crippen molar-refractivity contribution in [2.24, 2.45) is 0 Å². The molecule has 1 aromatic heterocycles. The molecule has 0 spiro atoms. The molecule has 0 bridgehead atoms. The lowest BCUT2D eigenvalue weighted by Crippen LogP contribution is -1.98. The van der Waals surface area contributed by atoms with Gasteiger partial charge in [-0.3, -0.25) is 4.98 Å². The number of rotatable bonds is 2. The second-order valence-corrected chi connectivity index (χ2v) is 3.73. The van der Waals surface area contributed by atoms with E-state index < -0.39 is 11.6 Å². The zero-order valence-corrected chi connectivity index (χ0v) is 8.93. The summed E-state index contributed by atoms with van der Waals surface area (Å²) in [6, 6.07) is 3.67. The lowest BCUT2D eigenvalue weighted by molar-refractivity contribution is 0.591. The Bertz CT molecular complexity index is 538. The van der Waals surface area contributed by atoms with Gasteiger partial charge in [-0.25, -0.2) is 8.78 Å². The first-order valence-corrected chi connectivity index (χ1v) is 5.16. The Morgan fingerprint density at radius 3 is 2.69 bits per heavy atom. The maximum atomic E-state index is 13.5. The molecular weight excluding hydrogens is 210 g/mol. The summed E-state index contributed by atoms with van der Waals surface area (Å²) >= 11 is 0. The van der Waals surface area contributed by atoms with Crippen molar-refractivity contribution in [3.63, 3.8) is 0 Å². The number of hydrogen-bond acceptors (Lipinski definition) is 2. The van der Waals surface area contributed by atoms with Crippen molar-refractivity contribution in [1.29, 1.82) is 0 Å². The van der Waals surface area contributed by atoms with Gasteiger partial charge >= 0.3 is 0 Å². The highest BCUT2D eigenvalue weighted by Gasteiger charge is 2.09. The predicted octanol–water partition coefficient (Wildman–Crippen LogP) is 3.05. The van der Waals surface area contributed by atoms with Gasteiger partial charge in [0.1, 0.15) is 11.6 Å². The molecule has 1 heterocycles. The van der Waals surface area contributed by atoms with Gasteiger partial charge in [-0.05, 0) is 12.5 Å². The van der Waals surface area contributed by atoms with Crippen LogP contribution in [0.15, 0.2) is 18.2 Å². The topological polar surface area (TPSA) is 38.9 Å². The van der Waals surface area contributed by atoms with Crippen LogP contribution in [0, 0.1) is 11.6 Å². The number of pyridine rings is 1. The third-order valence-electron chi connectivity index (χ3n) is 2.42. The highest BCUT2D eigenvalue weighted by atomic mass is 19.1. The lowest BCUT2D eigenvalue weighted by atomic mass is 10.1. The summed E-state index contributed by atoms with van der Waals surface area (Å²) in [5.74, 6) is -1.30. The van der Waals surface area contributed by atoms with E-state index >= 15 is 0 Å². The Hall–Kier alpha value is -1.71. The molecule has 2 N–H and O–H groups in total. The van der Waals surface area contributed by atoms with E-state index in [9.17, 15) is 8.78 Å². The third kappa shape index (κ3) is 1.83. The number of fused-ring (bicyclic) bond motifs is 1. The second kappa shape index (κ2) is 4.04. The summed E-state index contributed by atoms with van der Waals surface area (Å²) in [6.45, 7) is 2.01. The fraction of sp³-hybridized carbons (Fsp3) is 0.250. The number of nitrogens with two attached hydrogens (primary N) is 1. The van der Waals surface area contributed by atoms with Crippen molar-refractivity contribution >= 4 is 16.6 Å². The van der Waals surface area contributed by atoms with E-state index in [0.717, 1.165) is 24.6 Å². The van der Waals surface area contributed by atoms with Crippen LogP contribution >= 0.6 is 0 Å². The summed E-state index contributed by atoms with van der Waals surface area (Å²) < 4.78 is 26.5. The maximum Gasteiger partial charge on any atom is 0.137 e. The minimum absolute atomic E-state index is 0.196. The molecule has 2 rings (SSSR count). The Morgan fingerprint density at radius 2 is 2.00 bits per heavy atom. The van der Waals surface area contributed by atoms with Gasteiger partial charge in [-0.2, -0.15) is 0 Å². The first-order chi connectivity index (χ1) is 7.61. The van der Waals surface area contributed by atoms with Crippen LogP contribution in [0.5, 0.6) is 0 Å². The maximum absolute atomic E-state index is 13.5. The summed E-state index contributed by atoms with van der Waals surface area (Å²) in [6.07, 6.45) is 1.66. The van der Waals surface area contributed by atoms with E-state index in [1.165, 1.54) is 6.07 Å². The summed E-state index contributed by atoms with van der Waals surface area (Å²) in [5, 5.41) is 0.196. The van der Waals surface area contributed by atoms with E-state index in [1.54, 1.807) is 6.07 Å². The van der Waals surface area contributed by atoms with Crippen LogP contribution in [0.4, 0.5) is 14.5 Å². The van der Waals surface area contributed by atoms with Gasteiger partial charge in [-0.15, -0.1) is 0 Å². The molecule has 0 unspecified atom stereocenters. The SMILES string of the molecule is CCCc1cc(N)c2c(F)cc(F)cc2n1. The molecule has 1 aromatic carbocycles. The molecule has 2 nitrogen and oxygen atoms in total. The van der Waals surface area contributed by atoms with Crippen molar-refractivity contribution in [3.05, 3.63) is 35.5 Å². The van der Waals surface area contributed by atoms with E-state index in [0.29, 0.717) is 5.69 Å². The quantitative estimate of drug-likeness (QED) is 0.848. The van der Waals surface area contributed by atoms with Crippen LogP contribution in [-0.4, -0.2) is 4.98 Å². The van der Waals surface area contributed by atoms with E-state index in [1.807, 2.05) is 6.92 Å². The number of anilines is 1. The van der Waals surface area contributed by atoms with Crippen molar-refractivity contribution in [2.75, 3.05) is 5.73 Å². The average Bonchev–Trinajstić information content (AvgIpc) is 2.15. The number of nitrogens with zero attached hydrogens (tertiary/aromatic N) is 1. The van der Waals surface area contributed by atoms with Crippen molar-refractivity contribution in [3.8, 4) is 0 Å². The summed E-state index contributed by atoms with van der Waals surface area (Å²) in [7, 11) is 0. The van der Waals surface area contributed by atoms with Crippen LogP contribution in [0.2, 0.25) is 0 Å². The largest absolute Gasteiger partial charge is 0.398 e. The number of aryl methyl sites for hydroxylation is 1. The molecule has 2 aromatic rings. The van der Waals surface area contributed by atoms with Crippen LogP contribution in [0.25, 0.3) is 10.9 Å². The fourth-order valence-corrected chi connectivity index (χ4v) is 1.76. The lowest BCUT2D eigenvalue weighted by Gasteiger charge is -2.06. The van der Waals surface area contributed by atoms with Gasteiger partial charge in [0.15, 0.2) is 0 Å². The molecule has 0 radical (unpaired) electrons. The van der Waals surface area contributed by atoms with Gasteiger partial charge in [0.25, 0.3) is 0 Å². The first-order valence-electron chi connectivity index (χ1n) is 5.16. The molecule has 84 valence electrons. The smallest absolute Gasteiger partial charge is 0.137 e. The molecule has 0 atom stereocenters. The monoisotopic (exact) mass is 222 g/mol. The number of halogens is 2. The molecule has 0 aliphatic heterocycles. The van der Waals surface area contributed by atoms with E-state index in [-0.39, 0.29) is 10.9 Å². The van der Waals surface area contributed by atoms with E-state index in [2.05, 4.69) is 4.98 Å². The second-order valence-electron chi connectivity index (χ2n) is 3.73. The predicted molar refractivity (Wildman–Crippen MR) is 60.1 cm³/mol. The molecule has 0 amide bonds. The summed E-state index contributed by atoms with van der Waals surface area (Å²) in [4.78, 5) is 4.19. The average molecular weight is 222 g/mol. The molecule has 16 heavy (non-hydrogen) atoms. The Morgan fingerprint density at radius 1 is 1.25 bits per heavy atom. The molecule has 0 saturated heterocycles. The first kappa shape index (κ1) is 10.8. The number of benzene rings is 1.